The topological polar surface area (TPSA) is 114 Å². The number of carbonyl (C=O) groups excluding carboxylic acids is 2. The normalized spacial score (nSPS) is 20.7. The Labute approximate surface area is 191 Å². The zero-order valence-corrected chi connectivity index (χ0v) is 18.1. The van der Waals surface area contributed by atoms with Crippen molar-refractivity contribution in [2.24, 2.45) is 0 Å². The van der Waals surface area contributed by atoms with E-state index in [4.69, 9.17) is 9.47 Å². The molecule has 2 aliphatic heterocycles. The minimum absolute atomic E-state index is 0.0157. The molecule has 10 nitrogen and oxygen atoms in total. The van der Waals surface area contributed by atoms with E-state index in [1.165, 1.54) is 30.0 Å². The van der Waals surface area contributed by atoms with E-state index in [1.807, 2.05) is 18.2 Å². The van der Waals surface area contributed by atoms with Crippen LogP contribution >= 0.6 is 0 Å². The first-order chi connectivity index (χ1) is 16.0. The van der Waals surface area contributed by atoms with Gasteiger partial charge >= 0.3 is 12.1 Å². The standard InChI is InChI=1S/C23H26N4O6/c28-22(14-17-6-8-19(9-7-17)27(30)31)32-16-21-20(24-23(29)33-21)15-25-10-12-26(13-11-25)18-4-2-1-3-5-18/h1-9,20-21H,10-16H2,(H,24,29)/t20-,21-/m1/s1. The molecule has 2 aliphatic rings. The average molecular weight is 454 g/mol. The number of nitrogens with one attached hydrogen (secondary N) is 1. The average Bonchev–Trinajstić information content (AvgIpc) is 3.18. The summed E-state index contributed by atoms with van der Waals surface area (Å²) in [6.07, 6.45) is -1.09. The molecule has 0 aliphatic carbocycles. The number of esters is 1. The first kappa shape index (κ1) is 22.5. The van der Waals surface area contributed by atoms with Crippen molar-refractivity contribution in [3.8, 4) is 0 Å². The molecule has 2 aromatic carbocycles. The van der Waals surface area contributed by atoms with Gasteiger partial charge in [-0.3, -0.25) is 19.8 Å². The van der Waals surface area contributed by atoms with Crippen LogP contribution in [0.5, 0.6) is 0 Å². The van der Waals surface area contributed by atoms with E-state index in [2.05, 4.69) is 27.2 Å². The van der Waals surface area contributed by atoms with Gasteiger partial charge in [-0.2, -0.15) is 0 Å². The van der Waals surface area contributed by atoms with Crippen LogP contribution in [0.2, 0.25) is 0 Å². The maximum Gasteiger partial charge on any atom is 0.408 e. The lowest BCUT2D eigenvalue weighted by Crippen LogP contribution is -2.52. The summed E-state index contributed by atoms with van der Waals surface area (Å²) in [5.74, 6) is -0.484. The monoisotopic (exact) mass is 454 g/mol. The molecule has 2 atom stereocenters. The van der Waals surface area contributed by atoms with Gasteiger partial charge in [-0.15, -0.1) is 0 Å². The number of alkyl carbamates (subject to hydrolysis) is 1. The smallest absolute Gasteiger partial charge is 0.408 e. The van der Waals surface area contributed by atoms with E-state index in [1.54, 1.807) is 0 Å². The molecule has 2 saturated heterocycles. The third-order valence-corrected chi connectivity index (χ3v) is 5.86. The molecule has 2 fully saturated rings. The fraction of sp³-hybridized carbons (Fsp3) is 0.391. The minimum Gasteiger partial charge on any atom is -0.461 e. The number of nitro benzene ring substituents is 1. The first-order valence-electron chi connectivity index (χ1n) is 10.9. The summed E-state index contributed by atoms with van der Waals surface area (Å²) in [4.78, 5) is 38.8. The third-order valence-electron chi connectivity index (χ3n) is 5.86. The molecule has 10 heteroatoms. The number of benzene rings is 2. The highest BCUT2D eigenvalue weighted by atomic mass is 16.6. The summed E-state index contributed by atoms with van der Waals surface area (Å²) in [7, 11) is 0. The van der Waals surface area contributed by atoms with Gasteiger partial charge in [0.1, 0.15) is 6.61 Å². The van der Waals surface area contributed by atoms with Crippen LogP contribution in [0, 0.1) is 10.1 Å². The first-order valence-corrected chi connectivity index (χ1v) is 10.9. The summed E-state index contributed by atoms with van der Waals surface area (Å²) in [6.45, 7) is 4.06. The van der Waals surface area contributed by atoms with Crippen LogP contribution < -0.4 is 10.2 Å². The number of hydrogen-bond donors (Lipinski definition) is 1. The second kappa shape index (κ2) is 10.3. The highest BCUT2D eigenvalue weighted by molar-refractivity contribution is 5.73. The number of amides is 1. The Kier molecular flexibility index (Phi) is 7.04. The summed E-state index contributed by atoms with van der Waals surface area (Å²) >= 11 is 0. The zero-order chi connectivity index (χ0) is 23.2. The van der Waals surface area contributed by atoms with E-state index in [9.17, 15) is 19.7 Å². The number of hydrogen-bond acceptors (Lipinski definition) is 8. The molecule has 1 N–H and O–H groups in total. The van der Waals surface area contributed by atoms with Gasteiger partial charge in [0.15, 0.2) is 6.10 Å². The van der Waals surface area contributed by atoms with E-state index < -0.39 is 23.1 Å². The van der Waals surface area contributed by atoms with Crippen molar-refractivity contribution < 1.29 is 24.0 Å². The van der Waals surface area contributed by atoms with E-state index >= 15 is 0 Å². The summed E-state index contributed by atoms with van der Waals surface area (Å²) < 4.78 is 10.6. The van der Waals surface area contributed by atoms with Crippen molar-refractivity contribution in [1.82, 2.24) is 10.2 Å². The number of cyclic esters (lactones) is 1. The summed E-state index contributed by atoms with van der Waals surface area (Å²) in [6, 6.07) is 15.7. The fourth-order valence-electron chi connectivity index (χ4n) is 4.05. The maximum absolute atomic E-state index is 12.2. The number of rotatable bonds is 8. The molecule has 33 heavy (non-hydrogen) atoms. The number of carbonyl (C=O) groups is 2. The van der Waals surface area contributed by atoms with Crippen molar-refractivity contribution in [3.05, 3.63) is 70.3 Å². The van der Waals surface area contributed by atoms with Crippen molar-refractivity contribution in [2.75, 3.05) is 44.2 Å². The molecular weight excluding hydrogens is 428 g/mol. The van der Waals surface area contributed by atoms with Crippen molar-refractivity contribution in [2.45, 2.75) is 18.6 Å². The third kappa shape index (κ3) is 5.98. The molecule has 0 saturated carbocycles. The number of para-hydroxylation sites is 1. The molecule has 174 valence electrons. The largest absolute Gasteiger partial charge is 0.461 e. The van der Waals surface area contributed by atoms with E-state index in [0.29, 0.717) is 12.1 Å². The lowest BCUT2D eigenvalue weighted by Gasteiger charge is -2.37. The van der Waals surface area contributed by atoms with Gasteiger partial charge in [-0.05, 0) is 17.7 Å². The fourth-order valence-corrected chi connectivity index (χ4v) is 4.05. The second-order valence-electron chi connectivity index (χ2n) is 8.10. The van der Waals surface area contributed by atoms with Gasteiger partial charge in [-0.25, -0.2) is 4.79 Å². The Bertz CT molecular complexity index is 976. The number of piperazine rings is 1. The molecule has 2 aromatic rings. The molecule has 0 radical (unpaired) electrons. The van der Waals surface area contributed by atoms with Crippen molar-refractivity contribution >= 4 is 23.4 Å². The Morgan fingerprint density at radius 2 is 1.79 bits per heavy atom. The highest BCUT2D eigenvalue weighted by Gasteiger charge is 2.36. The predicted octanol–water partition coefficient (Wildman–Crippen LogP) is 1.98. The van der Waals surface area contributed by atoms with Crippen LogP contribution in [0.3, 0.4) is 0 Å². The van der Waals surface area contributed by atoms with Gasteiger partial charge in [0.2, 0.25) is 0 Å². The number of non-ortho nitro benzene ring substituents is 1. The Morgan fingerprint density at radius 1 is 1.09 bits per heavy atom. The maximum atomic E-state index is 12.2. The highest BCUT2D eigenvalue weighted by Crippen LogP contribution is 2.18. The van der Waals surface area contributed by atoms with Crippen molar-refractivity contribution in [3.63, 3.8) is 0 Å². The predicted molar refractivity (Wildman–Crippen MR) is 120 cm³/mol. The molecule has 1 amide bonds. The molecule has 0 unspecified atom stereocenters. The molecule has 0 aromatic heterocycles. The van der Waals surface area contributed by atoms with E-state index in [0.717, 1.165) is 26.2 Å². The Balaban J connectivity index is 1.23. The van der Waals surface area contributed by atoms with Crippen LogP contribution in [0.1, 0.15) is 5.56 Å². The molecule has 0 bridgehead atoms. The number of anilines is 1. The van der Waals surface area contributed by atoms with Crippen molar-refractivity contribution in [1.29, 1.82) is 0 Å². The molecule has 2 heterocycles. The van der Waals surface area contributed by atoms with Crippen LogP contribution in [-0.4, -0.2) is 73.4 Å². The van der Waals surface area contributed by atoms with Crippen LogP contribution in [0.15, 0.2) is 54.6 Å². The summed E-state index contributed by atoms with van der Waals surface area (Å²) in [5, 5.41) is 13.5. The SMILES string of the molecule is O=C(Cc1ccc([N+](=O)[O-])cc1)OC[C@H]1OC(=O)N[C@@H]1CN1CCN(c2ccccc2)CC1. The van der Waals surface area contributed by atoms with Crippen LogP contribution in [0.25, 0.3) is 0 Å². The number of ether oxygens (including phenoxy) is 2. The van der Waals surface area contributed by atoms with Gasteiger partial charge in [0.05, 0.1) is 17.4 Å². The van der Waals surface area contributed by atoms with Gasteiger partial charge in [0, 0.05) is 50.5 Å². The number of nitro groups is 1. The van der Waals surface area contributed by atoms with E-state index in [-0.39, 0.29) is 24.8 Å². The molecule has 4 rings (SSSR count). The lowest BCUT2D eigenvalue weighted by molar-refractivity contribution is -0.384. The van der Waals surface area contributed by atoms with Crippen LogP contribution in [-0.2, 0) is 20.7 Å². The minimum atomic E-state index is -0.564. The Hall–Kier alpha value is -3.66. The second-order valence-corrected chi connectivity index (χ2v) is 8.10. The lowest BCUT2D eigenvalue weighted by atomic mass is 10.1. The van der Waals surface area contributed by atoms with Gasteiger partial charge in [0.25, 0.3) is 5.69 Å². The molecule has 0 spiro atoms. The summed E-state index contributed by atoms with van der Waals surface area (Å²) in [5.41, 5.74) is 1.77. The zero-order valence-electron chi connectivity index (χ0n) is 18.1. The van der Waals surface area contributed by atoms with Gasteiger partial charge in [-0.1, -0.05) is 30.3 Å². The number of nitrogens with zero attached hydrogens (tertiary/aromatic N) is 3. The van der Waals surface area contributed by atoms with Crippen LogP contribution in [0.4, 0.5) is 16.2 Å². The van der Waals surface area contributed by atoms with Gasteiger partial charge < -0.3 is 19.7 Å². The Morgan fingerprint density at radius 3 is 2.45 bits per heavy atom. The quantitative estimate of drug-likeness (QED) is 0.366. The molecular formula is C23H26N4O6.